The van der Waals surface area contributed by atoms with Gasteiger partial charge in [0.2, 0.25) is 0 Å². The first-order valence-electron chi connectivity index (χ1n) is 4.33. The van der Waals surface area contributed by atoms with E-state index in [0.717, 1.165) is 5.52 Å². The molecule has 6 heteroatoms. The fourth-order valence-electron chi connectivity index (χ4n) is 1.58. The third-order valence-electron chi connectivity index (χ3n) is 2.31. The van der Waals surface area contributed by atoms with Gasteiger partial charge in [-0.3, -0.25) is 5.84 Å². The van der Waals surface area contributed by atoms with Gasteiger partial charge in [-0.15, -0.1) is 4.83 Å². The highest BCUT2D eigenvalue weighted by Gasteiger charge is 2.18. The summed E-state index contributed by atoms with van der Waals surface area (Å²) in [5.41, 5.74) is 0.853. The zero-order chi connectivity index (χ0) is 11.1. The minimum atomic E-state index is -3.60. The van der Waals surface area contributed by atoms with Gasteiger partial charge in [-0.05, 0) is 6.07 Å². The van der Waals surface area contributed by atoms with Crippen molar-refractivity contribution < 1.29 is 8.42 Å². The molecule has 0 aliphatic heterocycles. The highest BCUT2D eigenvalue weighted by Crippen LogP contribution is 2.23. The molecular weight excluding hydrogens is 214 g/mol. The number of nitrogens with zero attached hydrogens (tertiary/aromatic N) is 1. The van der Waals surface area contributed by atoms with Crippen molar-refractivity contribution in [2.45, 2.75) is 4.90 Å². The molecule has 0 aliphatic carbocycles. The van der Waals surface area contributed by atoms with Crippen molar-refractivity contribution in [3.63, 3.8) is 0 Å². The maximum absolute atomic E-state index is 11.6. The van der Waals surface area contributed by atoms with Crippen molar-refractivity contribution in [2.24, 2.45) is 12.9 Å². The van der Waals surface area contributed by atoms with Crippen molar-refractivity contribution in [1.29, 1.82) is 0 Å². The Morgan fingerprint density at radius 2 is 2.00 bits per heavy atom. The molecule has 2 aromatic rings. The number of hydrogen-bond donors (Lipinski definition) is 2. The quantitative estimate of drug-likeness (QED) is 0.571. The van der Waals surface area contributed by atoms with Gasteiger partial charge in [0, 0.05) is 24.1 Å². The average molecular weight is 225 g/mol. The second kappa shape index (κ2) is 3.34. The van der Waals surface area contributed by atoms with Gasteiger partial charge in [0.05, 0.1) is 0 Å². The number of para-hydroxylation sites is 1. The SMILES string of the molecule is Cn1cc(S(=O)(=O)NN)c2ccccc21. The first-order chi connectivity index (χ1) is 7.06. The van der Waals surface area contributed by atoms with Gasteiger partial charge in [-0.2, -0.15) is 0 Å². The van der Waals surface area contributed by atoms with Crippen LogP contribution in [0.3, 0.4) is 0 Å². The topological polar surface area (TPSA) is 77.1 Å². The van der Waals surface area contributed by atoms with Crippen LogP contribution < -0.4 is 10.7 Å². The Hall–Kier alpha value is -1.37. The average Bonchev–Trinajstić information content (AvgIpc) is 2.58. The first-order valence-corrected chi connectivity index (χ1v) is 5.81. The molecule has 1 aromatic heterocycles. The molecule has 15 heavy (non-hydrogen) atoms. The lowest BCUT2D eigenvalue weighted by molar-refractivity contribution is 0.584. The van der Waals surface area contributed by atoms with Crippen LogP contribution in [0.1, 0.15) is 0 Å². The third-order valence-corrected chi connectivity index (χ3v) is 3.52. The summed E-state index contributed by atoms with van der Waals surface area (Å²) in [6.45, 7) is 0. The van der Waals surface area contributed by atoms with E-state index in [0.29, 0.717) is 5.39 Å². The van der Waals surface area contributed by atoms with Crippen LogP contribution in [0.15, 0.2) is 35.4 Å². The van der Waals surface area contributed by atoms with E-state index in [4.69, 9.17) is 5.84 Å². The van der Waals surface area contributed by atoms with E-state index >= 15 is 0 Å². The molecule has 0 fully saturated rings. The number of sulfonamides is 1. The van der Waals surface area contributed by atoms with Gasteiger partial charge in [-0.25, -0.2) is 8.42 Å². The van der Waals surface area contributed by atoms with E-state index in [1.807, 2.05) is 17.0 Å². The van der Waals surface area contributed by atoms with Crippen molar-refractivity contribution in [2.75, 3.05) is 0 Å². The number of aryl methyl sites for hydroxylation is 1. The first kappa shape index (κ1) is 10.2. The molecule has 5 nitrogen and oxygen atoms in total. The van der Waals surface area contributed by atoms with Gasteiger partial charge in [-0.1, -0.05) is 18.2 Å². The number of fused-ring (bicyclic) bond motifs is 1. The molecule has 0 atom stereocenters. The Balaban J connectivity index is 2.84. The number of aromatic nitrogens is 1. The summed E-state index contributed by atoms with van der Waals surface area (Å²) in [6.07, 6.45) is 1.54. The maximum atomic E-state index is 11.6. The minimum Gasteiger partial charge on any atom is -0.349 e. The second-order valence-corrected chi connectivity index (χ2v) is 4.93. The summed E-state index contributed by atoms with van der Waals surface area (Å²) in [6, 6.07) is 7.25. The van der Waals surface area contributed by atoms with E-state index in [2.05, 4.69) is 0 Å². The van der Waals surface area contributed by atoms with Crippen LogP contribution in [-0.4, -0.2) is 13.0 Å². The Labute approximate surface area is 87.5 Å². The van der Waals surface area contributed by atoms with Crippen molar-refractivity contribution in [1.82, 2.24) is 9.40 Å². The maximum Gasteiger partial charge on any atom is 0.255 e. The van der Waals surface area contributed by atoms with Crippen LogP contribution in [0.4, 0.5) is 0 Å². The normalized spacial score (nSPS) is 12.1. The van der Waals surface area contributed by atoms with Gasteiger partial charge >= 0.3 is 0 Å². The molecule has 0 saturated carbocycles. The molecule has 0 aliphatic rings. The largest absolute Gasteiger partial charge is 0.349 e. The highest BCUT2D eigenvalue weighted by atomic mass is 32.2. The molecule has 3 N–H and O–H groups in total. The number of rotatable bonds is 2. The van der Waals surface area contributed by atoms with Crippen LogP contribution in [0, 0.1) is 0 Å². The zero-order valence-electron chi connectivity index (χ0n) is 8.14. The molecule has 1 aromatic carbocycles. The van der Waals surface area contributed by atoms with Gasteiger partial charge in [0.1, 0.15) is 4.90 Å². The molecule has 80 valence electrons. The van der Waals surface area contributed by atoms with Crippen LogP contribution in [-0.2, 0) is 17.1 Å². The Morgan fingerprint density at radius 3 is 2.67 bits per heavy atom. The van der Waals surface area contributed by atoms with Gasteiger partial charge in [0.15, 0.2) is 0 Å². The monoisotopic (exact) mass is 225 g/mol. The van der Waals surface area contributed by atoms with Crippen molar-refractivity contribution in [3.8, 4) is 0 Å². The summed E-state index contributed by atoms with van der Waals surface area (Å²) >= 11 is 0. The van der Waals surface area contributed by atoms with Crippen LogP contribution in [0.2, 0.25) is 0 Å². The Morgan fingerprint density at radius 1 is 1.33 bits per heavy atom. The molecule has 0 saturated heterocycles. The van der Waals surface area contributed by atoms with E-state index in [9.17, 15) is 8.42 Å². The predicted molar refractivity (Wildman–Crippen MR) is 57.4 cm³/mol. The molecular formula is C9H11N3O2S. The molecule has 0 amide bonds. The van der Waals surface area contributed by atoms with E-state index in [1.54, 1.807) is 29.9 Å². The number of nitrogens with one attached hydrogen (secondary N) is 1. The lowest BCUT2D eigenvalue weighted by atomic mass is 10.2. The Bertz CT molecular complexity index is 601. The number of benzene rings is 1. The molecule has 1 heterocycles. The zero-order valence-corrected chi connectivity index (χ0v) is 8.95. The summed E-state index contributed by atoms with van der Waals surface area (Å²) < 4.78 is 24.9. The van der Waals surface area contributed by atoms with E-state index in [-0.39, 0.29) is 4.90 Å². The Kier molecular flexibility index (Phi) is 2.26. The standard InChI is InChI=1S/C9H11N3O2S/c1-12-6-9(15(13,14)11-10)7-4-2-3-5-8(7)12/h2-6,11H,10H2,1H3. The minimum absolute atomic E-state index is 0.197. The predicted octanol–water partition coefficient (Wildman–Crippen LogP) is 0.330. The summed E-state index contributed by atoms with van der Waals surface area (Å²) in [5, 5.41) is 0.665. The lowest BCUT2D eigenvalue weighted by Gasteiger charge is -1.98. The lowest BCUT2D eigenvalue weighted by Crippen LogP contribution is -2.30. The van der Waals surface area contributed by atoms with Gasteiger partial charge < -0.3 is 4.57 Å². The van der Waals surface area contributed by atoms with Crippen molar-refractivity contribution in [3.05, 3.63) is 30.5 Å². The molecule has 0 spiro atoms. The third kappa shape index (κ3) is 1.52. The fourth-order valence-corrected chi connectivity index (χ4v) is 2.47. The molecule has 0 radical (unpaired) electrons. The smallest absolute Gasteiger partial charge is 0.255 e. The molecule has 0 bridgehead atoms. The summed E-state index contributed by atoms with van der Waals surface area (Å²) in [4.78, 5) is 2.02. The number of hydrogen-bond acceptors (Lipinski definition) is 3. The van der Waals surface area contributed by atoms with E-state index in [1.165, 1.54) is 0 Å². The fraction of sp³-hybridized carbons (Fsp3) is 0.111. The van der Waals surface area contributed by atoms with Gasteiger partial charge in [0.25, 0.3) is 10.0 Å². The molecule has 0 unspecified atom stereocenters. The molecule has 2 rings (SSSR count). The van der Waals surface area contributed by atoms with Crippen molar-refractivity contribution >= 4 is 20.9 Å². The highest BCUT2D eigenvalue weighted by molar-refractivity contribution is 7.89. The number of hydrazine groups is 1. The summed E-state index contributed by atoms with van der Waals surface area (Å²) in [7, 11) is -1.81. The van der Waals surface area contributed by atoms with Crippen LogP contribution in [0.5, 0.6) is 0 Å². The number of nitrogens with two attached hydrogens (primary N) is 1. The summed E-state index contributed by atoms with van der Waals surface area (Å²) in [5.74, 6) is 4.99. The van der Waals surface area contributed by atoms with Crippen LogP contribution in [0.25, 0.3) is 10.9 Å². The van der Waals surface area contributed by atoms with Crippen LogP contribution >= 0.6 is 0 Å². The van der Waals surface area contributed by atoms with E-state index < -0.39 is 10.0 Å². The second-order valence-electron chi connectivity index (χ2n) is 3.24.